The Balaban J connectivity index is 1.77. The van der Waals surface area contributed by atoms with Gasteiger partial charge >= 0.3 is 0 Å². The van der Waals surface area contributed by atoms with E-state index >= 15 is 0 Å². The van der Waals surface area contributed by atoms with Gasteiger partial charge in [0.05, 0.1) is 18.3 Å². The van der Waals surface area contributed by atoms with Crippen LogP contribution in [-0.2, 0) is 13.5 Å². The van der Waals surface area contributed by atoms with Crippen LogP contribution in [0.15, 0.2) is 66.7 Å². The highest BCUT2D eigenvalue weighted by Crippen LogP contribution is 2.41. The molecular weight excluding hydrogens is 450 g/mol. The molecule has 0 unspecified atom stereocenters. The van der Waals surface area contributed by atoms with E-state index in [0.29, 0.717) is 11.8 Å². The van der Waals surface area contributed by atoms with Crippen LogP contribution < -0.4 is 4.57 Å². The molecule has 0 atom stereocenters. The summed E-state index contributed by atoms with van der Waals surface area (Å²) in [6.07, 6.45) is 0.889. The minimum atomic E-state index is 0.409. The Kier molecular flexibility index (Phi) is 5.56. The molecule has 3 nitrogen and oxygen atoms in total. The van der Waals surface area contributed by atoms with E-state index in [1.165, 1.54) is 67.2 Å². The fourth-order valence-corrected chi connectivity index (χ4v) is 6.14. The number of nitrogens with zero attached hydrogens (tertiary/aromatic N) is 3. The third kappa shape index (κ3) is 3.63. The lowest BCUT2D eigenvalue weighted by atomic mass is 9.92. The van der Waals surface area contributed by atoms with Crippen molar-refractivity contribution < 1.29 is 4.57 Å². The van der Waals surface area contributed by atoms with Crippen LogP contribution in [0.5, 0.6) is 0 Å². The second-order valence-corrected chi connectivity index (χ2v) is 11.2. The molecule has 186 valence electrons. The third-order valence-electron chi connectivity index (χ3n) is 8.05. The number of hydrogen-bond donors (Lipinski definition) is 0. The number of imidazole rings is 1. The third-order valence-corrected chi connectivity index (χ3v) is 8.05. The van der Waals surface area contributed by atoms with E-state index < -0.39 is 0 Å². The molecule has 1 aliphatic carbocycles. The van der Waals surface area contributed by atoms with Gasteiger partial charge in [0.15, 0.2) is 11.0 Å². The quantitative estimate of drug-likeness (QED) is 0.232. The Morgan fingerprint density at radius 2 is 1.49 bits per heavy atom. The smallest absolute Gasteiger partial charge is 0.257 e. The zero-order chi connectivity index (χ0) is 26.0. The summed E-state index contributed by atoms with van der Waals surface area (Å²) >= 11 is 0. The summed E-state index contributed by atoms with van der Waals surface area (Å²) in [5.41, 5.74) is 15.4. The number of rotatable bonds is 4. The van der Waals surface area contributed by atoms with Gasteiger partial charge in [-0.05, 0) is 66.6 Å². The Hall–Kier alpha value is -3.72. The van der Waals surface area contributed by atoms with Gasteiger partial charge in [-0.1, -0.05) is 70.2 Å². The first-order chi connectivity index (χ1) is 17.8. The maximum atomic E-state index is 4.88. The summed E-state index contributed by atoms with van der Waals surface area (Å²) in [4.78, 5) is 4.88. The van der Waals surface area contributed by atoms with Gasteiger partial charge in [-0.25, -0.2) is 4.57 Å². The molecule has 0 fully saturated rings. The van der Waals surface area contributed by atoms with Gasteiger partial charge in [0.25, 0.3) is 5.82 Å². The van der Waals surface area contributed by atoms with Crippen molar-refractivity contribution in [1.29, 1.82) is 0 Å². The largest absolute Gasteiger partial charge is 0.295 e. The first kappa shape index (κ1) is 23.7. The molecule has 0 amide bonds. The molecule has 2 heterocycles. The summed E-state index contributed by atoms with van der Waals surface area (Å²) in [5.74, 6) is 2.05. The summed E-state index contributed by atoms with van der Waals surface area (Å²) in [6.45, 7) is 13.5. The van der Waals surface area contributed by atoms with Gasteiger partial charge in [0, 0.05) is 28.8 Å². The Bertz CT molecular complexity index is 1660. The van der Waals surface area contributed by atoms with Crippen molar-refractivity contribution in [1.82, 2.24) is 9.55 Å². The van der Waals surface area contributed by atoms with E-state index in [1.807, 2.05) is 0 Å². The predicted molar refractivity (Wildman–Crippen MR) is 154 cm³/mol. The van der Waals surface area contributed by atoms with Crippen molar-refractivity contribution in [3.8, 4) is 28.2 Å². The van der Waals surface area contributed by atoms with Crippen molar-refractivity contribution >= 4 is 11.0 Å². The highest BCUT2D eigenvalue weighted by atomic mass is 15.2. The number of benzene rings is 3. The molecule has 0 radical (unpaired) electrons. The van der Waals surface area contributed by atoms with E-state index in [2.05, 4.69) is 124 Å². The molecule has 3 aromatic carbocycles. The van der Waals surface area contributed by atoms with Crippen LogP contribution in [-0.4, -0.2) is 9.55 Å². The van der Waals surface area contributed by atoms with E-state index in [4.69, 9.17) is 4.98 Å². The van der Waals surface area contributed by atoms with E-state index in [1.54, 1.807) is 0 Å². The van der Waals surface area contributed by atoms with E-state index in [-0.39, 0.29) is 0 Å². The van der Waals surface area contributed by atoms with Gasteiger partial charge in [0.2, 0.25) is 0 Å². The van der Waals surface area contributed by atoms with Crippen LogP contribution in [0.3, 0.4) is 0 Å². The van der Waals surface area contributed by atoms with Crippen molar-refractivity contribution in [2.45, 2.75) is 59.8 Å². The van der Waals surface area contributed by atoms with Crippen LogP contribution in [0.4, 0.5) is 0 Å². The van der Waals surface area contributed by atoms with Crippen molar-refractivity contribution in [3.05, 3.63) is 100 Å². The second-order valence-electron chi connectivity index (χ2n) is 11.2. The summed E-state index contributed by atoms with van der Waals surface area (Å²) in [7, 11) is 2.23. The Morgan fingerprint density at radius 1 is 0.784 bits per heavy atom. The molecule has 0 N–H and O–H groups in total. The SMILES string of the molecule is Cc1ccc2c(n1)Cc1cc3c(cc1-2)[n+](C)c(-c1ccccc1C)n3-c1c(C(C)C)cccc1C(C)C. The van der Waals surface area contributed by atoms with Crippen LogP contribution in [0.25, 0.3) is 39.2 Å². The second kappa shape index (κ2) is 8.69. The molecule has 0 aliphatic heterocycles. The van der Waals surface area contributed by atoms with Crippen molar-refractivity contribution in [2.75, 3.05) is 0 Å². The monoisotopic (exact) mass is 486 g/mol. The van der Waals surface area contributed by atoms with Crippen molar-refractivity contribution in [2.24, 2.45) is 7.05 Å². The number of aromatic nitrogens is 3. The molecule has 2 aromatic heterocycles. The summed E-state index contributed by atoms with van der Waals surface area (Å²) < 4.78 is 4.96. The maximum absolute atomic E-state index is 4.88. The number of pyridine rings is 1. The normalized spacial score (nSPS) is 12.6. The van der Waals surface area contributed by atoms with Crippen molar-refractivity contribution in [3.63, 3.8) is 0 Å². The molecule has 0 spiro atoms. The molecule has 6 rings (SSSR count). The predicted octanol–water partition coefficient (Wildman–Crippen LogP) is 7.95. The first-order valence-corrected chi connectivity index (χ1v) is 13.5. The zero-order valence-corrected chi connectivity index (χ0v) is 23.1. The van der Waals surface area contributed by atoms with Gasteiger partial charge in [-0.2, -0.15) is 4.57 Å². The highest BCUT2D eigenvalue weighted by molar-refractivity contribution is 5.89. The molecule has 37 heavy (non-hydrogen) atoms. The average molecular weight is 487 g/mol. The van der Waals surface area contributed by atoms with Crippen LogP contribution in [0.2, 0.25) is 0 Å². The molecule has 1 aliphatic rings. The van der Waals surface area contributed by atoms with Gasteiger partial charge in [-0.3, -0.25) is 4.98 Å². The molecular formula is C34H36N3+. The van der Waals surface area contributed by atoms with E-state index in [0.717, 1.165) is 12.1 Å². The van der Waals surface area contributed by atoms with Crippen LogP contribution >= 0.6 is 0 Å². The zero-order valence-electron chi connectivity index (χ0n) is 23.1. The number of hydrogen-bond acceptors (Lipinski definition) is 1. The molecule has 0 bridgehead atoms. The minimum Gasteiger partial charge on any atom is -0.257 e. The Labute approximate surface area is 220 Å². The first-order valence-electron chi connectivity index (χ1n) is 13.5. The number of fused-ring (bicyclic) bond motifs is 4. The van der Waals surface area contributed by atoms with Gasteiger partial charge < -0.3 is 0 Å². The fraction of sp³-hybridized carbons (Fsp3) is 0.294. The van der Waals surface area contributed by atoms with Crippen LogP contribution in [0.1, 0.15) is 73.2 Å². The minimum absolute atomic E-state index is 0.409. The van der Waals surface area contributed by atoms with Crippen LogP contribution in [0, 0.1) is 13.8 Å². The number of aryl methyl sites for hydroxylation is 3. The lowest BCUT2D eigenvalue weighted by Crippen LogP contribution is -2.30. The average Bonchev–Trinajstić information content (AvgIpc) is 3.35. The van der Waals surface area contributed by atoms with E-state index in [9.17, 15) is 0 Å². The van der Waals surface area contributed by atoms with Gasteiger partial charge in [-0.15, -0.1) is 0 Å². The number of para-hydroxylation sites is 1. The molecule has 3 heteroatoms. The maximum Gasteiger partial charge on any atom is 0.295 e. The lowest BCUT2D eigenvalue weighted by molar-refractivity contribution is -0.633. The molecule has 0 saturated heterocycles. The fourth-order valence-electron chi connectivity index (χ4n) is 6.14. The highest BCUT2D eigenvalue weighted by Gasteiger charge is 2.33. The topological polar surface area (TPSA) is 21.7 Å². The summed E-state index contributed by atoms with van der Waals surface area (Å²) in [6, 6.07) is 24.9. The standard InChI is InChI=1S/C34H36N3/c1-20(2)25-13-10-14-26(21(3)4)33(25)37-32-18-24-17-30-28(16-15-23(6)35-30)29(24)19-31(32)36(7)34(37)27-12-9-8-11-22(27)5/h8-16,18-21H,17H2,1-7H3/q+1. The molecule has 5 aromatic rings. The van der Waals surface area contributed by atoms with Gasteiger partial charge in [0.1, 0.15) is 5.69 Å². The summed E-state index contributed by atoms with van der Waals surface area (Å²) in [5, 5.41) is 0. The lowest BCUT2D eigenvalue weighted by Gasteiger charge is -2.18. The Morgan fingerprint density at radius 3 is 2.16 bits per heavy atom. The molecule has 0 saturated carbocycles.